The van der Waals surface area contributed by atoms with Gasteiger partial charge in [-0.3, -0.25) is 0 Å². The van der Waals surface area contributed by atoms with Crippen molar-refractivity contribution in [3.63, 3.8) is 0 Å². The molecular weight excluding hydrogens is 485 g/mol. The summed E-state index contributed by atoms with van der Waals surface area (Å²) in [6.45, 7) is 8.41. The van der Waals surface area contributed by atoms with E-state index in [2.05, 4.69) is 4.57 Å². The molecule has 0 radical (unpaired) electrons. The molecule has 1 fully saturated rings. The van der Waals surface area contributed by atoms with Crippen LogP contribution in [0.4, 0.5) is 4.79 Å². The van der Waals surface area contributed by atoms with Crippen molar-refractivity contribution >= 4 is 40.3 Å². The van der Waals surface area contributed by atoms with Gasteiger partial charge in [-0.25, -0.2) is 9.78 Å². The van der Waals surface area contributed by atoms with Crippen LogP contribution in [0.25, 0.3) is 11.0 Å². The van der Waals surface area contributed by atoms with Gasteiger partial charge in [0.05, 0.1) is 11.0 Å². The first-order chi connectivity index (χ1) is 16.7. The van der Waals surface area contributed by atoms with Crippen LogP contribution in [0.1, 0.15) is 52.3 Å². The van der Waals surface area contributed by atoms with E-state index in [1.54, 1.807) is 0 Å². The predicted octanol–water partition coefficient (Wildman–Crippen LogP) is 7.35. The smallest absolute Gasteiger partial charge is 0.410 e. The highest BCUT2D eigenvalue weighted by atomic mass is 35.5. The second kappa shape index (κ2) is 11.1. The molecule has 2 heterocycles. The molecule has 35 heavy (non-hydrogen) atoms. The van der Waals surface area contributed by atoms with Crippen LogP contribution in [0.15, 0.2) is 42.5 Å². The normalized spacial score (nSPS) is 16.5. The van der Waals surface area contributed by atoms with Crippen LogP contribution in [-0.4, -0.2) is 39.2 Å². The number of ether oxygens (including phenoxy) is 2. The third-order valence-electron chi connectivity index (χ3n) is 6.14. The van der Waals surface area contributed by atoms with Crippen molar-refractivity contribution < 1.29 is 14.3 Å². The van der Waals surface area contributed by atoms with E-state index in [4.69, 9.17) is 37.7 Å². The molecule has 0 spiro atoms. The maximum absolute atomic E-state index is 12.5. The molecule has 0 bridgehead atoms. The molecule has 6 nitrogen and oxygen atoms in total. The van der Waals surface area contributed by atoms with Crippen LogP contribution in [0.5, 0.6) is 5.75 Å². The highest BCUT2D eigenvalue weighted by molar-refractivity contribution is 6.31. The summed E-state index contributed by atoms with van der Waals surface area (Å²) in [6.07, 6.45) is 3.95. The van der Waals surface area contributed by atoms with Crippen molar-refractivity contribution in [2.24, 2.45) is 5.92 Å². The molecule has 0 saturated carbocycles. The number of carbonyl (C=O) groups excluding carboxylic acids is 1. The summed E-state index contributed by atoms with van der Waals surface area (Å²) in [4.78, 5) is 19.2. The Bertz CT molecular complexity index is 1150. The van der Waals surface area contributed by atoms with E-state index in [-0.39, 0.29) is 6.09 Å². The van der Waals surface area contributed by atoms with Crippen LogP contribution in [0.3, 0.4) is 0 Å². The van der Waals surface area contributed by atoms with E-state index >= 15 is 0 Å². The quantitative estimate of drug-likeness (QED) is 0.328. The van der Waals surface area contributed by atoms with Gasteiger partial charge >= 0.3 is 6.09 Å². The number of rotatable bonds is 7. The Morgan fingerprint density at radius 1 is 1.11 bits per heavy atom. The summed E-state index contributed by atoms with van der Waals surface area (Å²) in [6, 6.07) is 13.1. The lowest BCUT2D eigenvalue weighted by molar-refractivity contribution is 0.0160. The van der Waals surface area contributed by atoms with Crippen LogP contribution in [0.2, 0.25) is 10.0 Å². The van der Waals surface area contributed by atoms with E-state index < -0.39 is 5.60 Å². The molecule has 0 aliphatic carbocycles. The lowest BCUT2D eigenvalue weighted by Crippen LogP contribution is -2.42. The predicted molar refractivity (Wildman–Crippen MR) is 140 cm³/mol. The zero-order chi connectivity index (χ0) is 25.0. The number of hydrogen-bond donors (Lipinski definition) is 0. The van der Waals surface area contributed by atoms with E-state index in [1.807, 2.05) is 68.1 Å². The molecule has 8 heteroatoms. The molecule has 1 aliphatic rings. The average molecular weight is 518 g/mol. The summed E-state index contributed by atoms with van der Waals surface area (Å²) in [5.41, 5.74) is 1.43. The SMILES string of the molecule is CC(C)(C)OC(=O)N1CCCC(CCCn2c(COc3ccc(Cl)cc3)nc3cc(Cl)ccc32)C1. The molecule has 1 saturated heterocycles. The summed E-state index contributed by atoms with van der Waals surface area (Å²) < 4.78 is 13.8. The number of hydrogen-bond acceptors (Lipinski definition) is 4. The van der Waals surface area contributed by atoms with Gasteiger partial charge in [-0.2, -0.15) is 0 Å². The molecule has 2 aromatic carbocycles. The van der Waals surface area contributed by atoms with Crippen LogP contribution >= 0.6 is 23.2 Å². The fourth-order valence-corrected chi connectivity index (χ4v) is 4.81. The standard InChI is InChI=1S/C27H33Cl2N3O3/c1-27(2,3)35-26(33)31-14-4-6-19(17-31)7-5-15-32-24-13-10-21(29)16-23(24)30-25(32)18-34-22-11-8-20(28)9-12-22/h8-13,16,19H,4-7,14-15,17-18H2,1-3H3. The minimum Gasteiger partial charge on any atom is -0.486 e. The lowest BCUT2D eigenvalue weighted by Gasteiger charge is -2.34. The third kappa shape index (κ3) is 7.05. The zero-order valence-electron chi connectivity index (χ0n) is 20.6. The zero-order valence-corrected chi connectivity index (χ0v) is 22.1. The van der Waals surface area contributed by atoms with Gasteiger partial charge in [-0.1, -0.05) is 23.2 Å². The molecule has 1 aromatic heterocycles. The van der Waals surface area contributed by atoms with Crippen molar-refractivity contribution in [1.82, 2.24) is 14.5 Å². The molecule has 0 N–H and O–H groups in total. The van der Waals surface area contributed by atoms with Crippen molar-refractivity contribution in [2.75, 3.05) is 13.1 Å². The number of benzene rings is 2. The van der Waals surface area contributed by atoms with Gasteiger partial charge in [-0.15, -0.1) is 0 Å². The number of aryl methyl sites for hydroxylation is 1. The molecule has 1 aliphatic heterocycles. The Kier molecular flexibility index (Phi) is 8.12. The second-order valence-corrected chi connectivity index (χ2v) is 11.0. The van der Waals surface area contributed by atoms with Crippen molar-refractivity contribution in [3.8, 4) is 5.75 Å². The number of imidazole rings is 1. The Morgan fingerprint density at radius 3 is 2.60 bits per heavy atom. The fraction of sp³-hybridized carbons (Fsp3) is 0.481. The minimum atomic E-state index is -0.472. The summed E-state index contributed by atoms with van der Waals surface area (Å²) in [5.74, 6) is 2.07. The summed E-state index contributed by atoms with van der Waals surface area (Å²) >= 11 is 12.2. The number of halogens is 2. The first-order valence-electron chi connectivity index (χ1n) is 12.2. The molecule has 188 valence electrons. The van der Waals surface area contributed by atoms with Gasteiger partial charge in [0, 0.05) is 29.7 Å². The molecule has 3 aromatic rings. The molecular formula is C27H33Cl2N3O3. The van der Waals surface area contributed by atoms with Gasteiger partial charge < -0.3 is 18.9 Å². The molecule has 1 amide bonds. The van der Waals surface area contributed by atoms with Crippen molar-refractivity contribution in [3.05, 3.63) is 58.3 Å². The van der Waals surface area contributed by atoms with Crippen molar-refractivity contribution in [1.29, 1.82) is 0 Å². The number of likely N-dealkylation sites (tertiary alicyclic amines) is 1. The summed E-state index contributed by atoms with van der Waals surface area (Å²) in [7, 11) is 0. The molecule has 1 atom stereocenters. The average Bonchev–Trinajstić information content (AvgIpc) is 3.14. The Labute approximate surface area is 217 Å². The highest BCUT2D eigenvalue weighted by Gasteiger charge is 2.27. The van der Waals surface area contributed by atoms with Gasteiger partial charge in [-0.05, 0) is 94.8 Å². The van der Waals surface area contributed by atoms with E-state index in [9.17, 15) is 4.79 Å². The Morgan fingerprint density at radius 2 is 1.86 bits per heavy atom. The largest absolute Gasteiger partial charge is 0.486 e. The van der Waals surface area contributed by atoms with E-state index in [1.165, 1.54) is 0 Å². The first-order valence-corrected chi connectivity index (χ1v) is 12.9. The molecule has 1 unspecified atom stereocenters. The van der Waals surface area contributed by atoms with Crippen molar-refractivity contribution in [2.45, 2.75) is 65.2 Å². The van der Waals surface area contributed by atoms with Crippen LogP contribution < -0.4 is 4.74 Å². The second-order valence-electron chi connectivity index (χ2n) is 10.1. The number of piperidine rings is 1. The maximum Gasteiger partial charge on any atom is 0.410 e. The Hall–Kier alpha value is -2.44. The topological polar surface area (TPSA) is 56.6 Å². The highest BCUT2D eigenvalue weighted by Crippen LogP contribution is 2.26. The number of amides is 1. The number of nitrogens with zero attached hydrogens (tertiary/aromatic N) is 3. The van der Waals surface area contributed by atoms with Crippen LogP contribution in [0, 0.1) is 5.92 Å². The maximum atomic E-state index is 12.5. The third-order valence-corrected chi connectivity index (χ3v) is 6.62. The fourth-order valence-electron chi connectivity index (χ4n) is 4.52. The lowest BCUT2D eigenvalue weighted by atomic mass is 9.93. The minimum absolute atomic E-state index is 0.207. The Balaban J connectivity index is 1.40. The number of carbonyl (C=O) groups is 1. The first kappa shape index (κ1) is 25.6. The summed E-state index contributed by atoms with van der Waals surface area (Å²) in [5, 5.41) is 1.34. The van der Waals surface area contributed by atoms with Gasteiger partial charge in [0.1, 0.15) is 23.8 Å². The number of aromatic nitrogens is 2. The van der Waals surface area contributed by atoms with Gasteiger partial charge in [0.2, 0.25) is 0 Å². The monoisotopic (exact) mass is 517 g/mol. The molecule has 4 rings (SSSR count). The number of fused-ring (bicyclic) bond motifs is 1. The van der Waals surface area contributed by atoms with Crippen LogP contribution in [-0.2, 0) is 17.9 Å². The van der Waals surface area contributed by atoms with E-state index in [0.717, 1.165) is 67.9 Å². The van der Waals surface area contributed by atoms with E-state index in [0.29, 0.717) is 22.6 Å². The van der Waals surface area contributed by atoms with Gasteiger partial charge in [0.25, 0.3) is 0 Å². The van der Waals surface area contributed by atoms with Gasteiger partial charge in [0.15, 0.2) is 0 Å².